The van der Waals surface area contributed by atoms with Gasteiger partial charge in [-0.05, 0) is 56.9 Å². The molecule has 0 radical (unpaired) electrons. The van der Waals surface area contributed by atoms with Gasteiger partial charge in [-0.3, -0.25) is 4.79 Å². The first-order chi connectivity index (χ1) is 12.5. The molecular weight excluding hydrogens is 346 g/mol. The summed E-state index contributed by atoms with van der Waals surface area (Å²) in [6, 6.07) is 16.1. The monoisotopic (exact) mass is 371 g/mol. The summed E-state index contributed by atoms with van der Waals surface area (Å²) in [5, 5.41) is 0. The van der Waals surface area contributed by atoms with Crippen LogP contribution in [0.5, 0.6) is 0 Å². The smallest absolute Gasteiger partial charge is 0.254 e. The maximum atomic E-state index is 12.9. The van der Waals surface area contributed by atoms with Gasteiger partial charge in [0.25, 0.3) is 5.91 Å². The summed E-state index contributed by atoms with van der Waals surface area (Å²) >= 11 is 0. The molecule has 0 spiro atoms. The van der Waals surface area contributed by atoms with Gasteiger partial charge in [0.2, 0.25) is 0 Å². The number of amides is 1. The van der Waals surface area contributed by atoms with Gasteiger partial charge in [-0.2, -0.15) is 0 Å². The van der Waals surface area contributed by atoms with E-state index in [0.29, 0.717) is 23.4 Å². The van der Waals surface area contributed by atoms with E-state index in [-0.39, 0.29) is 17.7 Å². The Bertz CT molecular complexity index is 845. The minimum absolute atomic E-state index is 0.00630. The molecule has 2 aromatic rings. The van der Waals surface area contributed by atoms with Crippen LogP contribution < -0.4 is 0 Å². The molecule has 0 bridgehead atoms. The van der Waals surface area contributed by atoms with Gasteiger partial charge in [0.1, 0.15) is 0 Å². The highest BCUT2D eigenvalue weighted by Gasteiger charge is 2.29. The van der Waals surface area contributed by atoms with Crippen molar-refractivity contribution in [3.8, 4) is 0 Å². The average Bonchev–Trinajstić information content (AvgIpc) is 2.67. The molecule has 2 aromatic carbocycles. The van der Waals surface area contributed by atoms with E-state index in [1.165, 1.54) is 0 Å². The molecule has 0 aliphatic carbocycles. The molecule has 1 amide bonds. The van der Waals surface area contributed by atoms with Crippen molar-refractivity contribution in [3.63, 3.8) is 0 Å². The summed E-state index contributed by atoms with van der Waals surface area (Å²) in [7, 11) is -3.32. The first kappa shape index (κ1) is 18.6. The average molecular weight is 372 g/mol. The van der Waals surface area contributed by atoms with Gasteiger partial charge in [-0.15, -0.1) is 0 Å². The number of benzene rings is 2. The molecule has 0 N–H and O–H groups in total. The van der Waals surface area contributed by atoms with Crippen LogP contribution in [-0.2, 0) is 9.84 Å². The number of aryl methyl sites for hydroxylation is 1. The molecule has 1 aliphatic heterocycles. The van der Waals surface area contributed by atoms with Crippen LogP contribution in [0.1, 0.15) is 41.6 Å². The van der Waals surface area contributed by atoms with E-state index in [0.717, 1.165) is 24.8 Å². The Balaban J connectivity index is 1.71. The van der Waals surface area contributed by atoms with Crippen LogP contribution in [-0.4, -0.2) is 37.6 Å². The second-order valence-corrected chi connectivity index (χ2v) is 9.04. The van der Waals surface area contributed by atoms with Crippen LogP contribution in [0.15, 0.2) is 59.5 Å². The summed E-state index contributed by atoms with van der Waals surface area (Å²) < 4.78 is 25.1. The molecule has 1 aliphatic rings. The Morgan fingerprint density at radius 1 is 1.04 bits per heavy atom. The van der Waals surface area contributed by atoms with Crippen LogP contribution in [0.25, 0.3) is 0 Å². The number of rotatable bonds is 5. The first-order valence-electron chi connectivity index (χ1n) is 9.13. The van der Waals surface area contributed by atoms with Gasteiger partial charge in [-0.1, -0.05) is 35.9 Å². The van der Waals surface area contributed by atoms with E-state index in [1.54, 1.807) is 24.3 Å². The maximum Gasteiger partial charge on any atom is 0.254 e. The van der Waals surface area contributed by atoms with Crippen molar-refractivity contribution in [2.45, 2.75) is 43.5 Å². The topological polar surface area (TPSA) is 54.5 Å². The van der Waals surface area contributed by atoms with Crippen LogP contribution >= 0.6 is 0 Å². The van der Waals surface area contributed by atoms with E-state index in [4.69, 9.17) is 0 Å². The third kappa shape index (κ3) is 4.33. The van der Waals surface area contributed by atoms with E-state index in [1.807, 2.05) is 42.2 Å². The van der Waals surface area contributed by atoms with Gasteiger partial charge >= 0.3 is 0 Å². The zero-order valence-electron chi connectivity index (χ0n) is 15.1. The Kier molecular flexibility index (Phi) is 5.77. The highest BCUT2D eigenvalue weighted by atomic mass is 32.2. The lowest BCUT2D eigenvalue weighted by molar-refractivity contribution is 0.0609. The lowest BCUT2D eigenvalue weighted by Crippen LogP contribution is -2.44. The molecule has 4 nitrogen and oxygen atoms in total. The molecule has 26 heavy (non-hydrogen) atoms. The summed E-state index contributed by atoms with van der Waals surface area (Å²) in [5.74, 6) is 0.0751. The quantitative estimate of drug-likeness (QED) is 0.802. The summed E-state index contributed by atoms with van der Waals surface area (Å²) in [6.45, 7) is 2.69. The number of nitrogens with zero attached hydrogens (tertiary/aromatic N) is 1. The summed E-state index contributed by atoms with van der Waals surface area (Å²) in [6.07, 6.45) is 3.35. The van der Waals surface area contributed by atoms with Crippen molar-refractivity contribution < 1.29 is 13.2 Å². The van der Waals surface area contributed by atoms with Gasteiger partial charge in [0.15, 0.2) is 9.84 Å². The number of carbonyl (C=O) groups excluding carboxylic acids is 1. The fourth-order valence-corrected chi connectivity index (χ4v) is 4.86. The third-order valence-electron chi connectivity index (χ3n) is 5.01. The number of likely N-dealkylation sites (tertiary alicyclic amines) is 1. The zero-order valence-corrected chi connectivity index (χ0v) is 15.9. The fraction of sp³-hybridized carbons (Fsp3) is 0.381. The highest BCUT2D eigenvalue weighted by Crippen LogP contribution is 2.24. The van der Waals surface area contributed by atoms with Crippen molar-refractivity contribution in [2.75, 3.05) is 12.3 Å². The SMILES string of the molecule is Cc1ccc(C(=O)N2CCCCC2CCS(=O)(=O)c2ccccc2)cc1. The lowest BCUT2D eigenvalue weighted by Gasteiger charge is -2.36. The number of hydrogen-bond acceptors (Lipinski definition) is 3. The normalized spacial score (nSPS) is 17.9. The molecule has 0 saturated carbocycles. The maximum absolute atomic E-state index is 12.9. The van der Waals surface area contributed by atoms with Gasteiger partial charge in [0.05, 0.1) is 10.6 Å². The van der Waals surface area contributed by atoms with Crippen molar-refractivity contribution in [2.24, 2.45) is 0 Å². The Morgan fingerprint density at radius 3 is 2.42 bits per heavy atom. The summed E-state index contributed by atoms with van der Waals surface area (Å²) in [5.41, 5.74) is 1.79. The molecule has 1 atom stereocenters. The Morgan fingerprint density at radius 2 is 1.73 bits per heavy atom. The van der Waals surface area contributed by atoms with Crippen molar-refractivity contribution in [1.29, 1.82) is 0 Å². The second-order valence-electron chi connectivity index (χ2n) is 6.93. The van der Waals surface area contributed by atoms with Crippen LogP contribution in [0.3, 0.4) is 0 Å². The first-order valence-corrected chi connectivity index (χ1v) is 10.8. The van der Waals surface area contributed by atoms with Crippen molar-refractivity contribution in [1.82, 2.24) is 4.90 Å². The Labute approximate surface area is 155 Å². The largest absolute Gasteiger partial charge is 0.336 e. The number of sulfone groups is 1. The standard InChI is InChI=1S/C21H25NO3S/c1-17-10-12-18(13-11-17)21(23)22-15-6-5-7-19(22)14-16-26(24,25)20-8-3-2-4-9-20/h2-4,8-13,19H,5-7,14-16H2,1H3. The Hall–Kier alpha value is -2.14. The molecule has 1 heterocycles. The molecule has 1 fully saturated rings. The van der Waals surface area contributed by atoms with E-state index in [2.05, 4.69) is 0 Å². The predicted octanol–water partition coefficient (Wildman–Crippen LogP) is 3.85. The number of hydrogen-bond donors (Lipinski definition) is 0. The van der Waals surface area contributed by atoms with Crippen LogP contribution in [0.2, 0.25) is 0 Å². The minimum atomic E-state index is -3.32. The molecular formula is C21H25NO3S. The van der Waals surface area contributed by atoms with Crippen LogP contribution in [0.4, 0.5) is 0 Å². The molecule has 138 valence electrons. The van der Waals surface area contributed by atoms with E-state index in [9.17, 15) is 13.2 Å². The second kappa shape index (κ2) is 8.04. The molecule has 1 unspecified atom stereocenters. The molecule has 3 rings (SSSR count). The van der Waals surface area contributed by atoms with Gasteiger partial charge < -0.3 is 4.90 Å². The minimum Gasteiger partial charge on any atom is -0.336 e. The molecule has 5 heteroatoms. The van der Waals surface area contributed by atoms with Gasteiger partial charge in [0, 0.05) is 18.2 Å². The predicted molar refractivity (Wildman–Crippen MR) is 103 cm³/mol. The third-order valence-corrected chi connectivity index (χ3v) is 6.77. The zero-order chi connectivity index (χ0) is 18.6. The lowest BCUT2D eigenvalue weighted by atomic mass is 9.98. The van der Waals surface area contributed by atoms with E-state index < -0.39 is 9.84 Å². The number of carbonyl (C=O) groups is 1. The van der Waals surface area contributed by atoms with E-state index >= 15 is 0 Å². The van der Waals surface area contributed by atoms with Gasteiger partial charge in [-0.25, -0.2) is 8.42 Å². The summed E-state index contributed by atoms with van der Waals surface area (Å²) in [4.78, 5) is 15.1. The molecule has 0 aromatic heterocycles. The van der Waals surface area contributed by atoms with Crippen molar-refractivity contribution in [3.05, 3.63) is 65.7 Å². The van der Waals surface area contributed by atoms with Crippen molar-refractivity contribution >= 4 is 15.7 Å². The molecule has 1 saturated heterocycles. The number of piperidine rings is 1. The fourth-order valence-electron chi connectivity index (χ4n) is 3.47. The van der Waals surface area contributed by atoms with Crippen LogP contribution in [0, 0.1) is 6.92 Å². The highest BCUT2D eigenvalue weighted by molar-refractivity contribution is 7.91.